The van der Waals surface area contributed by atoms with E-state index in [1.54, 1.807) is 6.07 Å². The van der Waals surface area contributed by atoms with Crippen LogP contribution in [0.15, 0.2) is 18.2 Å². The van der Waals surface area contributed by atoms with Gasteiger partial charge in [0.05, 0.1) is 19.8 Å². The summed E-state index contributed by atoms with van der Waals surface area (Å²) in [5.74, 6) is 0.121. The number of nitrogens with one attached hydrogen (secondary N) is 3. The van der Waals surface area contributed by atoms with Crippen LogP contribution in [0.1, 0.15) is 49.3 Å². The third-order valence-corrected chi connectivity index (χ3v) is 7.23. The summed E-state index contributed by atoms with van der Waals surface area (Å²) in [5, 5.41) is 9.04. The Morgan fingerprint density at radius 2 is 2.11 bits per heavy atom. The van der Waals surface area contributed by atoms with Crippen molar-refractivity contribution in [2.45, 2.75) is 51.2 Å². The summed E-state index contributed by atoms with van der Waals surface area (Å²) in [7, 11) is 3.20. The van der Waals surface area contributed by atoms with Gasteiger partial charge in [-0.25, -0.2) is 14.0 Å². The number of piperidine rings is 1. The maximum absolute atomic E-state index is 14.2. The Balaban J connectivity index is 1.66. The second kappa shape index (κ2) is 15.1. The van der Waals surface area contributed by atoms with Crippen molar-refractivity contribution < 1.29 is 28.2 Å². The molecule has 3 N–H and O–H groups in total. The van der Waals surface area contributed by atoms with Crippen LogP contribution < -0.4 is 16.0 Å². The highest BCUT2D eigenvalue weighted by Gasteiger charge is 2.33. The molecule has 2 aliphatic rings. The average molecular weight is 523 g/mol. The molecule has 0 bridgehead atoms. The number of ether oxygens (including phenoxy) is 3. The topological polar surface area (TPSA) is 101 Å². The molecule has 1 unspecified atom stereocenters. The minimum Gasteiger partial charge on any atom is -0.453 e. The van der Waals surface area contributed by atoms with E-state index in [2.05, 4.69) is 20.7 Å². The Morgan fingerprint density at radius 3 is 2.84 bits per heavy atom. The number of benzene rings is 1. The highest BCUT2D eigenvalue weighted by molar-refractivity contribution is 5.74. The molecule has 37 heavy (non-hydrogen) atoms. The molecule has 0 aromatic heterocycles. The Morgan fingerprint density at radius 1 is 1.27 bits per heavy atom. The van der Waals surface area contributed by atoms with Crippen molar-refractivity contribution in [3.8, 4) is 0 Å². The second-order valence-electron chi connectivity index (χ2n) is 10.1. The number of carbonyl (C=O) groups is 2. The normalized spacial score (nSPS) is 21.7. The Kier molecular flexibility index (Phi) is 11.9. The number of urea groups is 1. The standard InChI is InChI=1S/C27H43FN4O5/c1-19-8-9-22(28)15-24(19)25(37-13-10-30-27(34)35-3)21-7-4-11-32(17-21)26(33)31-23(16-29-2)14-20-6-5-12-36-18-20/h8-9,15,20-21,23,25,29H,4-7,10-14,16-18H2,1-3H3,(H,30,34)(H,31,33)/t20-,21-,23+,25?/m1/s1. The third kappa shape index (κ3) is 9.12. The van der Waals surface area contributed by atoms with Crippen LogP contribution in [0, 0.1) is 24.6 Å². The first kappa shape index (κ1) is 29.1. The van der Waals surface area contributed by atoms with Gasteiger partial charge in [0.15, 0.2) is 0 Å². The van der Waals surface area contributed by atoms with Gasteiger partial charge >= 0.3 is 12.1 Å². The molecule has 0 aliphatic carbocycles. The summed E-state index contributed by atoms with van der Waals surface area (Å²) in [4.78, 5) is 26.6. The first-order valence-electron chi connectivity index (χ1n) is 13.4. The smallest absolute Gasteiger partial charge is 0.406 e. The van der Waals surface area contributed by atoms with Gasteiger partial charge in [-0.1, -0.05) is 6.07 Å². The van der Waals surface area contributed by atoms with Crippen LogP contribution >= 0.6 is 0 Å². The first-order chi connectivity index (χ1) is 17.9. The molecular formula is C27H43FN4O5. The van der Waals surface area contributed by atoms with Gasteiger partial charge in [-0.2, -0.15) is 0 Å². The summed E-state index contributed by atoms with van der Waals surface area (Å²) in [6.45, 7) is 5.89. The van der Waals surface area contributed by atoms with Crippen LogP contribution in [0.3, 0.4) is 0 Å². The van der Waals surface area contributed by atoms with E-state index < -0.39 is 12.2 Å². The maximum atomic E-state index is 14.2. The number of hydrogen-bond donors (Lipinski definition) is 3. The number of carbonyl (C=O) groups excluding carboxylic acids is 2. The van der Waals surface area contributed by atoms with Gasteiger partial charge in [0.25, 0.3) is 0 Å². The summed E-state index contributed by atoms with van der Waals surface area (Å²) < 4.78 is 30.7. The van der Waals surface area contributed by atoms with Gasteiger partial charge < -0.3 is 35.1 Å². The monoisotopic (exact) mass is 522 g/mol. The van der Waals surface area contributed by atoms with Crippen molar-refractivity contribution in [1.82, 2.24) is 20.9 Å². The predicted molar refractivity (Wildman–Crippen MR) is 139 cm³/mol. The van der Waals surface area contributed by atoms with E-state index in [9.17, 15) is 14.0 Å². The van der Waals surface area contributed by atoms with Crippen molar-refractivity contribution in [2.75, 3.05) is 60.2 Å². The largest absolute Gasteiger partial charge is 0.453 e. The summed E-state index contributed by atoms with van der Waals surface area (Å²) in [5.41, 5.74) is 1.70. The second-order valence-corrected chi connectivity index (χ2v) is 10.1. The van der Waals surface area contributed by atoms with Crippen LogP contribution in [-0.2, 0) is 14.2 Å². The average Bonchev–Trinajstić information content (AvgIpc) is 2.91. The molecular weight excluding hydrogens is 479 g/mol. The van der Waals surface area contributed by atoms with Crippen molar-refractivity contribution in [3.05, 3.63) is 35.1 Å². The lowest BCUT2D eigenvalue weighted by Gasteiger charge is -2.38. The molecule has 2 saturated heterocycles. The van der Waals surface area contributed by atoms with Crippen LogP contribution in [-0.4, -0.2) is 83.2 Å². The van der Waals surface area contributed by atoms with Crippen molar-refractivity contribution in [3.63, 3.8) is 0 Å². The fourth-order valence-electron chi connectivity index (χ4n) is 5.35. The van der Waals surface area contributed by atoms with E-state index in [-0.39, 0.29) is 37.0 Å². The summed E-state index contributed by atoms with van der Waals surface area (Å²) in [6, 6.07) is 4.64. The van der Waals surface area contributed by atoms with Gasteiger partial charge in [0, 0.05) is 51.4 Å². The number of nitrogens with zero attached hydrogens (tertiary/aromatic N) is 1. The number of hydrogen-bond acceptors (Lipinski definition) is 6. The molecule has 3 amide bonds. The number of rotatable bonds is 11. The SMILES string of the molecule is CNC[C@H](C[C@H]1CCCOC1)NC(=O)N1CCC[C@@H](C(OCCNC(=O)OC)c2cc(F)ccc2C)C1. The zero-order valence-electron chi connectivity index (χ0n) is 22.4. The first-order valence-corrected chi connectivity index (χ1v) is 13.4. The minimum atomic E-state index is -0.529. The van der Waals surface area contributed by atoms with Crippen LogP contribution in [0.25, 0.3) is 0 Å². The third-order valence-electron chi connectivity index (χ3n) is 7.23. The molecule has 0 saturated carbocycles. The number of likely N-dealkylation sites (N-methyl/N-ethyl adjacent to an activating group) is 1. The quantitative estimate of drug-likeness (QED) is 0.385. The predicted octanol–water partition coefficient (Wildman–Crippen LogP) is 3.37. The van der Waals surface area contributed by atoms with Gasteiger partial charge in [-0.05, 0) is 75.3 Å². The number of aryl methyl sites for hydroxylation is 1. The van der Waals surface area contributed by atoms with E-state index in [1.165, 1.54) is 19.2 Å². The molecule has 2 fully saturated rings. The van der Waals surface area contributed by atoms with Crippen molar-refractivity contribution in [2.24, 2.45) is 11.8 Å². The van der Waals surface area contributed by atoms with Crippen molar-refractivity contribution >= 4 is 12.1 Å². The minimum absolute atomic E-state index is 0.00683. The van der Waals surface area contributed by atoms with Gasteiger partial charge in [-0.15, -0.1) is 0 Å². The number of halogens is 1. The fraction of sp³-hybridized carbons (Fsp3) is 0.704. The fourth-order valence-corrected chi connectivity index (χ4v) is 5.35. The molecule has 1 aromatic rings. The number of alkyl carbamates (subject to hydrolysis) is 1. The Bertz CT molecular complexity index is 867. The highest BCUT2D eigenvalue weighted by atomic mass is 19.1. The lowest BCUT2D eigenvalue weighted by Crippen LogP contribution is -2.52. The lowest BCUT2D eigenvalue weighted by molar-refractivity contribution is -0.00923. The van der Waals surface area contributed by atoms with Crippen LogP contribution in [0.4, 0.5) is 14.0 Å². The van der Waals surface area contributed by atoms with E-state index in [4.69, 9.17) is 9.47 Å². The summed E-state index contributed by atoms with van der Waals surface area (Å²) >= 11 is 0. The van der Waals surface area contributed by atoms with Crippen LogP contribution in [0.5, 0.6) is 0 Å². The number of likely N-dealkylation sites (tertiary alicyclic amines) is 1. The molecule has 2 heterocycles. The molecule has 4 atom stereocenters. The van der Waals surface area contributed by atoms with E-state index in [0.29, 0.717) is 25.6 Å². The van der Waals surface area contributed by atoms with E-state index in [1.807, 2.05) is 18.9 Å². The van der Waals surface area contributed by atoms with E-state index in [0.717, 1.165) is 56.4 Å². The highest BCUT2D eigenvalue weighted by Crippen LogP contribution is 2.35. The lowest BCUT2D eigenvalue weighted by atomic mass is 9.86. The van der Waals surface area contributed by atoms with Gasteiger partial charge in [0.2, 0.25) is 0 Å². The van der Waals surface area contributed by atoms with E-state index >= 15 is 0 Å². The zero-order valence-corrected chi connectivity index (χ0v) is 22.4. The molecule has 10 heteroatoms. The number of methoxy groups -OCH3 is 1. The van der Waals surface area contributed by atoms with Crippen molar-refractivity contribution in [1.29, 1.82) is 0 Å². The molecule has 0 spiro atoms. The molecule has 3 rings (SSSR count). The molecule has 2 aliphatic heterocycles. The molecule has 0 radical (unpaired) electrons. The molecule has 208 valence electrons. The Hall–Kier alpha value is -2.43. The summed E-state index contributed by atoms with van der Waals surface area (Å²) in [6.07, 6.45) is 3.82. The van der Waals surface area contributed by atoms with Crippen LogP contribution in [0.2, 0.25) is 0 Å². The van der Waals surface area contributed by atoms with Gasteiger partial charge in [-0.3, -0.25) is 0 Å². The molecule has 1 aromatic carbocycles. The molecule has 9 nitrogen and oxygen atoms in total. The number of amides is 3. The Labute approximate surface area is 219 Å². The zero-order chi connectivity index (χ0) is 26.6. The van der Waals surface area contributed by atoms with Gasteiger partial charge in [0.1, 0.15) is 5.82 Å². The maximum Gasteiger partial charge on any atom is 0.406 e.